The van der Waals surface area contributed by atoms with Gasteiger partial charge in [-0.25, -0.2) is 4.79 Å². The number of ether oxygens (including phenoxy) is 2. The van der Waals surface area contributed by atoms with Crippen LogP contribution in [0.5, 0.6) is 11.5 Å². The summed E-state index contributed by atoms with van der Waals surface area (Å²) in [6.45, 7) is 0.234. The third-order valence-electron chi connectivity index (χ3n) is 7.04. The molecule has 2 aromatic heterocycles. The van der Waals surface area contributed by atoms with Gasteiger partial charge >= 0.3 is 5.69 Å². The molecular formula is C29H30N4O7. The van der Waals surface area contributed by atoms with E-state index in [1.54, 1.807) is 17.0 Å². The first kappa shape index (κ1) is 26.8. The normalized spacial score (nSPS) is 12.7. The van der Waals surface area contributed by atoms with E-state index in [9.17, 15) is 19.2 Å². The van der Waals surface area contributed by atoms with Crippen molar-refractivity contribution in [1.82, 2.24) is 14.5 Å². The minimum atomic E-state index is -0.692. The number of aryl methyl sites for hydroxylation is 1. The van der Waals surface area contributed by atoms with E-state index in [-0.39, 0.29) is 48.8 Å². The number of hydrogen-bond donors (Lipinski definition) is 1. The smallest absolute Gasteiger partial charge is 0.331 e. The Kier molecular flexibility index (Phi) is 7.72. The van der Waals surface area contributed by atoms with Crippen molar-refractivity contribution in [1.29, 1.82) is 0 Å². The molecule has 0 saturated carbocycles. The van der Waals surface area contributed by atoms with E-state index in [0.717, 1.165) is 28.7 Å². The molecule has 11 heteroatoms. The van der Waals surface area contributed by atoms with Crippen LogP contribution in [0, 0.1) is 0 Å². The highest BCUT2D eigenvalue weighted by Crippen LogP contribution is 2.31. The predicted molar refractivity (Wildman–Crippen MR) is 148 cm³/mol. The van der Waals surface area contributed by atoms with Crippen LogP contribution in [0.25, 0.3) is 10.9 Å². The standard InChI is InChI=1S/C29H30N4O7/c1-38-24-15-21-23(16-25(24)39-2)33(18-27(35)31-12-5-8-19-7-3-4-10-22(19)31)29(37)32(28(21)36)13-11-26(34)30-17-20-9-6-14-40-20/h3-4,6-7,9-10,14-16H,5,8,11-13,17-18H2,1-2H3,(H,30,34). The summed E-state index contributed by atoms with van der Waals surface area (Å²) in [6, 6.07) is 14.1. The molecule has 5 rings (SSSR count). The molecule has 3 heterocycles. The van der Waals surface area contributed by atoms with Gasteiger partial charge in [0.05, 0.1) is 37.9 Å². The molecule has 0 spiro atoms. The Morgan fingerprint density at radius 1 is 1.00 bits per heavy atom. The highest BCUT2D eigenvalue weighted by molar-refractivity contribution is 5.95. The van der Waals surface area contributed by atoms with Gasteiger partial charge in [0.25, 0.3) is 5.56 Å². The van der Waals surface area contributed by atoms with Crippen molar-refractivity contribution in [2.45, 2.75) is 38.9 Å². The van der Waals surface area contributed by atoms with Crippen LogP contribution < -0.4 is 30.9 Å². The number of aromatic nitrogens is 2. The molecule has 4 aromatic rings. The van der Waals surface area contributed by atoms with Gasteiger partial charge in [-0.15, -0.1) is 0 Å². The average molecular weight is 547 g/mol. The molecule has 1 aliphatic rings. The Morgan fingerprint density at radius 2 is 1.77 bits per heavy atom. The van der Waals surface area contributed by atoms with Crippen LogP contribution in [0.15, 0.2) is 68.8 Å². The first-order chi connectivity index (χ1) is 19.4. The molecule has 0 unspecified atom stereocenters. The Labute approximate surface area is 229 Å². The molecule has 0 fully saturated rings. The second-order valence-electron chi connectivity index (χ2n) is 9.43. The molecule has 1 N–H and O–H groups in total. The molecule has 40 heavy (non-hydrogen) atoms. The van der Waals surface area contributed by atoms with Crippen molar-refractivity contribution in [3.8, 4) is 11.5 Å². The van der Waals surface area contributed by atoms with Crippen molar-refractivity contribution in [3.63, 3.8) is 0 Å². The lowest BCUT2D eigenvalue weighted by Gasteiger charge is -2.30. The van der Waals surface area contributed by atoms with Gasteiger partial charge in [-0.05, 0) is 42.7 Å². The minimum absolute atomic E-state index is 0.123. The quantitative estimate of drug-likeness (QED) is 0.342. The van der Waals surface area contributed by atoms with E-state index in [4.69, 9.17) is 13.9 Å². The zero-order chi connectivity index (χ0) is 28.2. The molecule has 0 saturated heterocycles. The third-order valence-corrected chi connectivity index (χ3v) is 7.04. The number of carbonyl (C=O) groups is 2. The second-order valence-corrected chi connectivity index (χ2v) is 9.43. The van der Waals surface area contributed by atoms with Gasteiger partial charge in [-0.1, -0.05) is 18.2 Å². The fraction of sp³-hybridized carbons (Fsp3) is 0.310. The summed E-state index contributed by atoms with van der Waals surface area (Å²) in [5.74, 6) is 0.552. The molecule has 1 aliphatic heterocycles. The SMILES string of the molecule is COc1cc2c(=O)n(CCC(=O)NCc3ccco3)c(=O)n(CC(=O)N3CCCc4ccccc43)c2cc1OC. The van der Waals surface area contributed by atoms with Crippen LogP contribution in [-0.4, -0.2) is 41.7 Å². The zero-order valence-corrected chi connectivity index (χ0v) is 22.3. The largest absolute Gasteiger partial charge is 0.493 e. The summed E-state index contributed by atoms with van der Waals surface area (Å²) in [7, 11) is 2.89. The van der Waals surface area contributed by atoms with Gasteiger partial charge < -0.3 is 24.1 Å². The lowest BCUT2D eigenvalue weighted by atomic mass is 10.0. The van der Waals surface area contributed by atoms with Crippen LogP contribution in [0.1, 0.15) is 24.2 Å². The molecule has 2 amide bonds. The van der Waals surface area contributed by atoms with Crippen molar-refractivity contribution in [3.05, 3.63) is 87.0 Å². The number of carbonyl (C=O) groups excluding carboxylic acids is 2. The molecule has 2 aromatic carbocycles. The number of nitrogens with zero attached hydrogens (tertiary/aromatic N) is 3. The van der Waals surface area contributed by atoms with Crippen molar-refractivity contribution in [2.75, 3.05) is 25.7 Å². The third kappa shape index (κ3) is 5.22. The predicted octanol–water partition coefficient (Wildman–Crippen LogP) is 2.46. The molecule has 0 atom stereocenters. The maximum Gasteiger partial charge on any atom is 0.331 e. The first-order valence-corrected chi connectivity index (χ1v) is 13.0. The number of anilines is 1. The summed E-state index contributed by atoms with van der Waals surface area (Å²) in [5.41, 5.74) is 0.840. The number of furan rings is 1. The monoisotopic (exact) mass is 546 g/mol. The number of hydrogen-bond acceptors (Lipinski definition) is 7. The van der Waals surface area contributed by atoms with E-state index in [1.807, 2.05) is 24.3 Å². The molecule has 0 radical (unpaired) electrons. The summed E-state index contributed by atoms with van der Waals surface area (Å²) < 4.78 is 18.3. The minimum Gasteiger partial charge on any atom is -0.493 e. The zero-order valence-electron chi connectivity index (χ0n) is 22.3. The summed E-state index contributed by atoms with van der Waals surface area (Å²) in [5, 5.41) is 2.88. The molecular weight excluding hydrogens is 516 g/mol. The van der Waals surface area contributed by atoms with Crippen LogP contribution >= 0.6 is 0 Å². The van der Waals surface area contributed by atoms with Crippen LogP contribution in [-0.2, 0) is 35.6 Å². The Bertz CT molecular complexity index is 1670. The molecule has 0 aliphatic carbocycles. The number of fused-ring (bicyclic) bond motifs is 2. The topological polar surface area (TPSA) is 125 Å². The average Bonchev–Trinajstić information content (AvgIpc) is 3.51. The van der Waals surface area contributed by atoms with E-state index >= 15 is 0 Å². The van der Waals surface area contributed by atoms with Crippen LogP contribution in [0.3, 0.4) is 0 Å². The number of para-hydroxylation sites is 1. The van der Waals surface area contributed by atoms with Crippen LogP contribution in [0.4, 0.5) is 5.69 Å². The van der Waals surface area contributed by atoms with Gasteiger partial charge in [0.15, 0.2) is 11.5 Å². The fourth-order valence-corrected chi connectivity index (χ4v) is 5.01. The van der Waals surface area contributed by atoms with E-state index < -0.39 is 11.2 Å². The first-order valence-electron chi connectivity index (χ1n) is 13.0. The molecule has 0 bridgehead atoms. The maximum atomic E-state index is 13.7. The second kappa shape index (κ2) is 11.5. The Hall–Kier alpha value is -4.80. The van der Waals surface area contributed by atoms with Crippen molar-refractivity contribution >= 4 is 28.4 Å². The summed E-state index contributed by atoms with van der Waals surface area (Å²) in [6.07, 6.45) is 3.05. The summed E-state index contributed by atoms with van der Waals surface area (Å²) >= 11 is 0. The highest BCUT2D eigenvalue weighted by Gasteiger charge is 2.25. The van der Waals surface area contributed by atoms with Crippen molar-refractivity contribution in [2.24, 2.45) is 0 Å². The van der Waals surface area contributed by atoms with E-state index in [0.29, 0.717) is 23.8 Å². The molecule has 208 valence electrons. The Morgan fingerprint density at radius 3 is 2.52 bits per heavy atom. The fourth-order valence-electron chi connectivity index (χ4n) is 5.01. The van der Waals surface area contributed by atoms with Gasteiger partial charge in [0.2, 0.25) is 11.8 Å². The van der Waals surface area contributed by atoms with Gasteiger partial charge in [0.1, 0.15) is 12.3 Å². The lowest BCUT2D eigenvalue weighted by Crippen LogP contribution is -2.45. The number of benzene rings is 2. The van der Waals surface area contributed by atoms with E-state index in [2.05, 4.69) is 5.32 Å². The number of methoxy groups -OCH3 is 2. The van der Waals surface area contributed by atoms with Crippen LogP contribution in [0.2, 0.25) is 0 Å². The lowest BCUT2D eigenvalue weighted by molar-refractivity contribution is -0.121. The number of amides is 2. The highest BCUT2D eigenvalue weighted by atomic mass is 16.5. The maximum absolute atomic E-state index is 13.7. The van der Waals surface area contributed by atoms with E-state index in [1.165, 1.54) is 37.2 Å². The van der Waals surface area contributed by atoms with Gasteiger partial charge in [-0.3, -0.25) is 23.5 Å². The van der Waals surface area contributed by atoms with Crippen molar-refractivity contribution < 1.29 is 23.5 Å². The van der Waals surface area contributed by atoms with Gasteiger partial charge in [-0.2, -0.15) is 0 Å². The Balaban J connectivity index is 1.51. The number of nitrogens with one attached hydrogen (secondary N) is 1. The molecule has 11 nitrogen and oxygen atoms in total. The number of rotatable bonds is 9. The summed E-state index contributed by atoms with van der Waals surface area (Å²) in [4.78, 5) is 55.0. The van der Waals surface area contributed by atoms with Gasteiger partial charge in [0, 0.05) is 31.3 Å².